The zero-order chi connectivity index (χ0) is 18.1. The number of unbranched alkanes of at least 4 members (excludes halogenated alkanes) is 1. The average Bonchev–Trinajstić information content (AvgIpc) is 2.62. The molecule has 3 heteroatoms. The lowest BCUT2D eigenvalue weighted by Gasteiger charge is -2.17. The number of carbonyl (C=O) groups is 1. The van der Waals surface area contributed by atoms with Crippen molar-refractivity contribution < 1.29 is 13.9 Å². The van der Waals surface area contributed by atoms with Crippen molar-refractivity contribution in [1.82, 2.24) is 0 Å². The van der Waals surface area contributed by atoms with Crippen LogP contribution in [0.3, 0.4) is 0 Å². The monoisotopic (exact) mass is 342 g/mol. The highest BCUT2D eigenvalue weighted by atomic mass is 19.1. The molecule has 0 saturated heterocycles. The number of ether oxygens (including phenoxy) is 1. The van der Waals surface area contributed by atoms with Gasteiger partial charge in [0.25, 0.3) is 0 Å². The molecule has 1 atom stereocenters. The van der Waals surface area contributed by atoms with Gasteiger partial charge in [-0.2, -0.15) is 0 Å². The van der Waals surface area contributed by atoms with Gasteiger partial charge in [0.15, 0.2) is 0 Å². The van der Waals surface area contributed by atoms with Gasteiger partial charge < -0.3 is 4.74 Å². The largest absolute Gasteiger partial charge is 0.466 e. The minimum absolute atomic E-state index is 0.00144. The van der Waals surface area contributed by atoms with Crippen molar-refractivity contribution >= 4 is 5.97 Å². The van der Waals surface area contributed by atoms with Crippen LogP contribution in [-0.2, 0) is 9.53 Å². The molecule has 134 valence electrons. The third kappa shape index (κ3) is 5.70. The lowest BCUT2D eigenvalue weighted by molar-refractivity contribution is -0.144. The zero-order valence-corrected chi connectivity index (χ0v) is 15.1. The van der Waals surface area contributed by atoms with Crippen LogP contribution in [0.2, 0.25) is 0 Å². The molecule has 0 spiro atoms. The van der Waals surface area contributed by atoms with Crippen LogP contribution >= 0.6 is 0 Å². The van der Waals surface area contributed by atoms with Gasteiger partial charge in [-0.1, -0.05) is 69.2 Å². The first-order valence-electron chi connectivity index (χ1n) is 9.16. The van der Waals surface area contributed by atoms with Crippen molar-refractivity contribution in [2.75, 3.05) is 6.61 Å². The molecule has 0 aliphatic heterocycles. The Kier molecular flexibility index (Phi) is 7.65. The van der Waals surface area contributed by atoms with Crippen LogP contribution < -0.4 is 0 Å². The summed E-state index contributed by atoms with van der Waals surface area (Å²) in [6.45, 7) is 4.60. The van der Waals surface area contributed by atoms with Crippen LogP contribution in [0.1, 0.15) is 57.4 Å². The molecule has 0 amide bonds. The molecule has 0 radical (unpaired) electrons. The van der Waals surface area contributed by atoms with Gasteiger partial charge in [-0.25, -0.2) is 4.39 Å². The Labute approximate surface area is 150 Å². The summed E-state index contributed by atoms with van der Waals surface area (Å²) < 4.78 is 19.9. The molecule has 2 rings (SSSR count). The fourth-order valence-electron chi connectivity index (χ4n) is 2.96. The summed E-state index contributed by atoms with van der Waals surface area (Å²) in [6.07, 6.45) is 3.96. The Morgan fingerprint density at radius 3 is 2.48 bits per heavy atom. The van der Waals surface area contributed by atoms with E-state index in [0.29, 0.717) is 18.6 Å². The van der Waals surface area contributed by atoms with Gasteiger partial charge in [-0.3, -0.25) is 4.79 Å². The van der Waals surface area contributed by atoms with Gasteiger partial charge in [0.2, 0.25) is 0 Å². The van der Waals surface area contributed by atoms with E-state index in [-0.39, 0.29) is 17.7 Å². The predicted octanol–water partition coefficient (Wildman–Crippen LogP) is 6.11. The molecule has 0 heterocycles. The first-order chi connectivity index (χ1) is 12.2. The topological polar surface area (TPSA) is 26.3 Å². The number of esters is 1. The van der Waals surface area contributed by atoms with Crippen LogP contribution in [-0.4, -0.2) is 12.6 Å². The first-order valence-corrected chi connectivity index (χ1v) is 9.16. The molecule has 0 bridgehead atoms. The Hall–Kier alpha value is -2.16. The standard InChI is InChI=1S/C22H27FO2/c1-3-5-14-25-22(24)16-18(9-4-2)19-12-13-20(21(23)15-19)17-10-7-6-8-11-17/h6-8,10-13,15,18H,3-5,9,14,16H2,1-2H3. The summed E-state index contributed by atoms with van der Waals surface area (Å²) in [5.41, 5.74) is 2.31. The van der Waals surface area contributed by atoms with Crippen molar-refractivity contribution in [2.45, 2.75) is 51.9 Å². The van der Waals surface area contributed by atoms with E-state index in [9.17, 15) is 9.18 Å². The highest BCUT2D eigenvalue weighted by Crippen LogP contribution is 2.30. The van der Waals surface area contributed by atoms with Gasteiger partial charge >= 0.3 is 5.97 Å². The summed E-state index contributed by atoms with van der Waals surface area (Å²) in [5.74, 6) is -0.443. The Morgan fingerprint density at radius 1 is 1.08 bits per heavy atom. The van der Waals surface area contributed by atoms with Gasteiger partial charge in [0.1, 0.15) is 5.82 Å². The molecule has 2 aromatic carbocycles. The van der Waals surface area contributed by atoms with Gasteiger partial charge in [0.05, 0.1) is 13.0 Å². The van der Waals surface area contributed by atoms with Crippen molar-refractivity contribution in [3.05, 3.63) is 59.9 Å². The maximum atomic E-state index is 14.6. The van der Waals surface area contributed by atoms with Crippen LogP contribution in [0, 0.1) is 5.82 Å². The summed E-state index contributed by atoms with van der Waals surface area (Å²) in [5, 5.41) is 0. The average molecular weight is 342 g/mol. The first kappa shape index (κ1) is 19.2. The molecule has 0 aromatic heterocycles. The Balaban J connectivity index is 2.13. The van der Waals surface area contributed by atoms with E-state index in [1.165, 1.54) is 0 Å². The lowest BCUT2D eigenvalue weighted by atomic mass is 9.90. The lowest BCUT2D eigenvalue weighted by Crippen LogP contribution is -2.11. The third-order valence-electron chi connectivity index (χ3n) is 4.36. The Bertz CT molecular complexity index is 667. The fourth-order valence-corrected chi connectivity index (χ4v) is 2.96. The number of benzene rings is 2. The smallest absolute Gasteiger partial charge is 0.306 e. The van der Waals surface area contributed by atoms with Crippen molar-refractivity contribution in [1.29, 1.82) is 0 Å². The maximum absolute atomic E-state index is 14.6. The molecule has 1 unspecified atom stereocenters. The van der Waals surface area contributed by atoms with E-state index < -0.39 is 0 Å². The molecule has 0 aliphatic carbocycles. The number of halogens is 1. The second-order valence-corrected chi connectivity index (χ2v) is 6.37. The molecule has 0 saturated carbocycles. The van der Waals surface area contributed by atoms with Gasteiger partial charge in [-0.15, -0.1) is 0 Å². The second kappa shape index (κ2) is 9.97. The molecular formula is C22H27FO2. The van der Waals surface area contributed by atoms with Crippen molar-refractivity contribution in [3.63, 3.8) is 0 Å². The van der Waals surface area contributed by atoms with E-state index in [0.717, 1.165) is 36.8 Å². The van der Waals surface area contributed by atoms with Crippen molar-refractivity contribution in [3.8, 4) is 11.1 Å². The highest BCUT2D eigenvalue weighted by Gasteiger charge is 2.18. The predicted molar refractivity (Wildman–Crippen MR) is 100.0 cm³/mol. The zero-order valence-electron chi connectivity index (χ0n) is 15.1. The van der Waals surface area contributed by atoms with Crippen LogP contribution in [0.5, 0.6) is 0 Å². The van der Waals surface area contributed by atoms with Crippen LogP contribution in [0.15, 0.2) is 48.5 Å². The molecule has 25 heavy (non-hydrogen) atoms. The van der Waals surface area contributed by atoms with E-state index >= 15 is 0 Å². The summed E-state index contributed by atoms with van der Waals surface area (Å²) in [4.78, 5) is 12.0. The molecule has 0 aliphatic rings. The summed E-state index contributed by atoms with van der Waals surface area (Å²) >= 11 is 0. The van der Waals surface area contributed by atoms with E-state index in [4.69, 9.17) is 4.74 Å². The van der Waals surface area contributed by atoms with Gasteiger partial charge in [0, 0.05) is 5.56 Å². The molecule has 0 N–H and O–H groups in total. The van der Waals surface area contributed by atoms with Crippen LogP contribution in [0.4, 0.5) is 4.39 Å². The van der Waals surface area contributed by atoms with Crippen molar-refractivity contribution in [2.24, 2.45) is 0 Å². The van der Waals surface area contributed by atoms with E-state index in [1.54, 1.807) is 6.07 Å². The minimum Gasteiger partial charge on any atom is -0.466 e. The number of rotatable bonds is 9. The number of hydrogen-bond acceptors (Lipinski definition) is 2. The maximum Gasteiger partial charge on any atom is 0.306 e. The fraction of sp³-hybridized carbons (Fsp3) is 0.409. The third-order valence-corrected chi connectivity index (χ3v) is 4.36. The van der Waals surface area contributed by atoms with E-state index in [1.807, 2.05) is 42.5 Å². The summed E-state index contributed by atoms with van der Waals surface area (Å²) in [6, 6.07) is 14.8. The van der Waals surface area contributed by atoms with Crippen LogP contribution in [0.25, 0.3) is 11.1 Å². The molecule has 2 aromatic rings. The molecule has 2 nitrogen and oxygen atoms in total. The minimum atomic E-state index is -0.246. The van der Waals surface area contributed by atoms with E-state index in [2.05, 4.69) is 13.8 Å². The molecule has 0 fully saturated rings. The SMILES string of the molecule is CCCCOC(=O)CC(CCC)c1ccc(-c2ccccc2)c(F)c1. The quantitative estimate of drug-likeness (QED) is 0.406. The number of carbonyl (C=O) groups excluding carboxylic acids is 1. The second-order valence-electron chi connectivity index (χ2n) is 6.37. The van der Waals surface area contributed by atoms with Gasteiger partial charge in [-0.05, 0) is 36.0 Å². The highest BCUT2D eigenvalue weighted by molar-refractivity contribution is 5.71. The Morgan fingerprint density at radius 2 is 1.84 bits per heavy atom. The normalized spacial score (nSPS) is 12.0. The summed E-state index contributed by atoms with van der Waals surface area (Å²) in [7, 11) is 0. The molecular weight excluding hydrogens is 315 g/mol. The number of hydrogen-bond donors (Lipinski definition) is 0.